The van der Waals surface area contributed by atoms with Gasteiger partial charge in [0.1, 0.15) is 0 Å². The van der Waals surface area contributed by atoms with Crippen LogP contribution < -0.4 is 5.32 Å². The van der Waals surface area contributed by atoms with Gasteiger partial charge in [0, 0.05) is 38.8 Å². The van der Waals surface area contributed by atoms with Crippen molar-refractivity contribution >= 4 is 17.7 Å². The lowest BCUT2D eigenvalue weighted by molar-refractivity contribution is -0.149. The van der Waals surface area contributed by atoms with Gasteiger partial charge in [-0.2, -0.15) is 0 Å². The van der Waals surface area contributed by atoms with E-state index >= 15 is 0 Å². The molecule has 2 saturated heterocycles. The molecule has 0 aromatic heterocycles. The van der Waals surface area contributed by atoms with Crippen molar-refractivity contribution in [1.29, 1.82) is 0 Å². The van der Waals surface area contributed by atoms with Crippen molar-refractivity contribution in [1.82, 2.24) is 15.1 Å². The lowest BCUT2D eigenvalue weighted by Gasteiger charge is -2.35. The number of carbonyl (C=O) groups is 3. The minimum Gasteiger partial charge on any atom is -0.381 e. The fraction of sp³-hybridized carbons (Fsp3) is 0.786. The summed E-state index contributed by atoms with van der Waals surface area (Å²) in [7, 11) is 0. The highest BCUT2D eigenvalue weighted by molar-refractivity contribution is 6.35. The van der Waals surface area contributed by atoms with Gasteiger partial charge in [-0.1, -0.05) is 0 Å². The van der Waals surface area contributed by atoms with Crippen LogP contribution >= 0.6 is 0 Å². The van der Waals surface area contributed by atoms with Gasteiger partial charge in [-0.15, -0.1) is 0 Å². The molecule has 21 heavy (non-hydrogen) atoms. The van der Waals surface area contributed by atoms with Crippen molar-refractivity contribution in [3.05, 3.63) is 0 Å². The molecule has 118 valence electrons. The molecular formula is C14H23N3O4. The van der Waals surface area contributed by atoms with E-state index in [9.17, 15) is 14.4 Å². The van der Waals surface area contributed by atoms with Crippen LogP contribution in [0.5, 0.6) is 0 Å². The SMILES string of the molecule is CC(C)NC(=O)C(=O)N1CCN(C(=O)C2CCOC2)CC1. The van der Waals surface area contributed by atoms with Gasteiger partial charge in [0.2, 0.25) is 5.91 Å². The van der Waals surface area contributed by atoms with Crippen molar-refractivity contribution in [2.24, 2.45) is 5.92 Å². The Morgan fingerprint density at radius 1 is 1.10 bits per heavy atom. The van der Waals surface area contributed by atoms with Gasteiger partial charge in [-0.25, -0.2) is 0 Å². The highest BCUT2D eigenvalue weighted by Crippen LogP contribution is 2.16. The Kier molecular flexibility index (Phi) is 5.17. The molecule has 0 aromatic carbocycles. The van der Waals surface area contributed by atoms with E-state index in [0.717, 1.165) is 6.42 Å². The number of piperazine rings is 1. The van der Waals surface area contributed by atoms with E-state index < -0.39 is 11.8 Å². The van der Waals surface area contributed by atoms with Crippen molar-refractivity contribution in [3.63, 3.8) is 0 Å². The number of hydrogen-bond acceptors (Lipinski definition) is 4. The van der Waals surface area contributed by atoms with E-state index in [2.05, 4.69) is 5.32 Å². The molecule has 3 amide bonds. The van der Waals surface area contributed by atoms with E-state index in [-0.39, 0.29) is 17.9 Å². The predicted molar refractivity (Wildman–Crippen MR) is 75.4 cm³/mol. The lowest BCUT2D eigenvalue weighted by Crippen LogP contribution is -2.55. The summed E-state index contributed by atoms with van der Waals surface area (Å²) in [6.45, 7) is 6.54. The molecule has 1 atom stereocenters. The van der Waals surface area contributed by atoms with E-state index in [1.54, 1.807) is 4.90 Å². The molecule has 2 heterocycles. The van der Waals surface area contributed by atoms with E-state index in [1.165, 1.54) is 4.90 Å². The first kappa shape index (κ1) is 15.8. The average molecular weight is 297 g/mol. The van der Waals surface area contributed by atoms with Crippen molar-refractivity contribution < 1.29 is 19.1 Å². The van der Waals surface area contributed by atoms with Gasteiger partial charge < -0.3 is 19.9 Å². The fourth-order valence-electron chi connectivity index (χ4n) is 2.58. The number of rotatable bonds is 2. The second-order valence-electron chi connectivity index (χ2n) is 5.81. The van der Waals surface area contributed by atoms with Gasteiger partial charge in [0.15, 0.2) is 0 Å². The molecule has 0 aromatic rings. The van der Waals surface area contributed by atoms with Crippen LogP contribution in [0, 0.1) is 5.92 Å². The van der Waals surface area contributed by atoms with Gasteiger partial charge in [-0.3, -0.25) is 14.4 Å². The van der Waals surface area contributed by atoms with Gasteiger partial charge >= 0.3 is 11.8 Å². The van der Waals surface area contributed by atoms with Crippen LogP contribution in [0.4, 0.5) is 0 Å². The summed E-state index contributed by atoms with van der Waals surface area (Å²) in [5, 5.41) is 2.59. The molecule has 0 saturated carbocycles. The van der Waals surface area contributed by atoms with E-state index in [1.807, 2.05) is 13.8 Å². The molecule has 0 radical (unpaired) electrons. The summed E-state index contributed by atoms with van der Waals surface area (Å²) < 4.78 is 5.23. The number of carbonyl (C=O) groups excluding carboxylic acids is 3. The number of ether oxygens (including phenoxy) is 1. The standard InChI is InChI=1S/C14H23N3O4/c1-10(2)15-12(18)14(20)17-6-4-16(5-7-17)13(19)11-3-8-21-9-11/h10-11H,3-9H2,1-2H3,(H,15,18). The number of nitrogens with zero attached hydrogens (tertiary/aromatic N) is 2. The zero-order valence-electron chi connectivity index (χ0n) is 12.6. The summed E-state index contributed by atoms with van der Waals surface area (Å²) in [6, 6.07) is -0.0633. The second-order valence-corrected chi connectivity index (χ2v) is 5.81. The fourth-order valence-corrected chi connectivity index (χ4v) is 2.58. The topological polar surface area (TPSA) is 79.0 Å². The lowest BCUT2D eigenvalue weighted by atomic mass is 10.1. The first-order chi connectivity index (χ1) is 9.99. The Balaban J connectivity index is 1.81. The summed E-state index contributed by atoms with van der Waals surface area (Å²) >= 11 is 0. The minimum atomic E-state index is -0.575. The van der Waals surface area contributed by atoms with Gasteiger partial charge in [-0.05, 0) is 20.3 Å². The van der Waals surface area contributed by atoms with Crippen LogP contribution in [0.3, 0.4) is 0 Å². The quantitative estimate of drug-likeness (QED) is 0.678. The third kappa shape index (κ3) is 3.93. The molecule has 7 nitrogen and oxygen atoms in total. The molecule has 2 fully saturated rings. The second kappa shape index (κ2) is 6.89. The van der Waals surface area contributed by atoms with Crippen LogP contribution in [0.1, 0.15) is 20.3 Å². The molecule has 0 spiro atoms. The highest BCUT2D eigenvalue weighted by Gasteiger charge is 2.32. The maximum atomic E-state index is 12.2. The third-order valence-electron chi connectivity index (χ3n) is 3.77. The smallest absolute Gasteiger partial charge is 0.312 e. The first-order valence-electron chi connectivity index (χ1n) is 7.45. The average Bonchev–Trinajstić information content (AvgIpc) is 2.99. The Labute approximate surface area is 124 Å². The zero-order chi connectivity index (χ0) is 15.4. The van der Waals surface area contributed by atoms with Crippen molar-refractivity contribution in [2.75, 3.05) is 39.4 Å². The Hall–Kier alpha value is -1.63. The van der Waals surface area contributed by atoms with Crippen LogP contribution in [0.15, 0.2) is 0 Å². The Morgan fingerprint density at radius 3 is 2.24 bits per heavy atom. The van der Waals surface area contributed by atoms with E-state index in [4.69, 9.17) is 4.74 Å². The van der Waals surface area contributed by atoms with Crippen LogP contribution in [0.25, 0.3) is 0 Å². The Morgan fingerprint density at radius 2 is 1.71 bits per heavy atom. The van der Waals surface area contributed by atoms with E-state index in [0.29, 0.717) is 39.4 Å². The molecule has 2 rings (SSSR count). The summed E-state index contributed by atoms with van der Waals surface area (Å²) in [4.78, 5) is 39.1. The maximum Gasteiger partial charge on any atom is 0.312 e. The van der Waals surface area contributed by atoms with Crippen LogP contribution in [-0.2, 0) is 19.1 Å². The molecule has 7 heteroatoms. The number of nitrogens with one attached hydrogen (secondary N) is 1. The van der Waals surface area contributed by atoms with Crippen molar-refractivity contribution in [2.45, 2.75) is 26.3 Å². The molecule has 0 aliphatic carbocycles. The normalized spacial score (nSPS) is 22.5. The van der Waals surface area contributed by atoms with Crippen LogP contribution in [0.2, 0.25) is 0 Å². The number of hydrogen-bond donors (Lipinski definition) is 1. The zero-order valence-corrected chi connectivity index (χ0v) is 12.6. The van der Waals surface area contributed by atoms with Crippen molar-refractivity contribution in [3.8, 4) is 0 Å². The van der Waals surface area contributed by atoms with Gasteiger partial charge in [0.25, 0.3) is 0 Å². The molecule has 2 aliphatic heterocycles. The largest absolute Gasteiger partial charge is 0.381 e. The highest BCUT2D eigenvalue weighted by atomic mass is 16.5. The molecule has 2 aliphatic rings. The summed E-state index contributed by atoms with van der Waals surface area (Å²) in [5.41, 5.74) is 0. The third-order valence-corrected chi connectivity index (χ3v) is 3.77. The monoisotopic (exact) mass is 297 g/mol. The Bertz CT molecular complexity index is 410. The predicted octanol–water partition coefficient (Wildman–Crippen LogP) is -0.782. The molecule has 1 N–H and O–H groups in total. The summed E-state index contributed by atoms with van der Waals surface area (Å²) in [6.07, 6.45) is 0.773. The molecule has 0 bridgehead atoms. The summed E-state index contributed by atoms with van der Waals surface area (Å²) in [5.74, 6) is -1.03. The molecular weight excluding hydrogens is 274 g/mol. The minimum absolute atomic E-state index is 0.0449. The van der Waals surface area contributed by atoms with Gasteiger partial charge in [0.05, 0.1) is 12.5 Å². The maximum absolute atomic E-state index is 12.2. The van der Waals surface area contributed by atoms with Crippen LogP contribution in [-0.4, -0.2) is 73.0 Å². The number of amides is 3. The molecule has 1 unspecified atom stereocenters. The first-order valence-corrected chi connectivity index (χ1v) is 7.45.